The largest absolute Gasteiger partial charge is 0.373 e. The van der Waals surface area contributed by atoms with Crippen LogP contribution in [0.3, 0.4) is 0 Å². The van der Waals surface area contributed by atoms with E-state index in [1.54, 1.807) is 0 Å². The van der Waals surface area contributed by atoms with E-state index in [4.69, 9.17) is 0 Å². The smallest absolute Gasteiger partial charge is 0.165 e. The Balaban J connectivity index is 2.10. The van der Waals surface area contributed by atoms with E-state index in [2.05, 4.69) is 20.4 Å². The summed E-state index contributed by atoms with van der Waals surface area (Å²) in [6, 6.07) is 2.05. The quantitative estimate of drug-likeness (QED) is 0.897. The van der Waals surface area contributed by atoms with Crippen LogP contribution in [0.15, 0.2) is 12.3 Å². The van der Waals surface area contributed by atoms with E-state index < -0.39 is 0 Å². The highest BCUT2D eigenvalue weighted by atomic mass is 15.3. The van der Waals surface area contributed by atoms with E-state index in [0.29, 0.717) is 5.92 Å². The number of anilines is 1. The topological polar surface area (TPSA) is 55.6 Å². The molecule has 0 aromatic carbocycles. The van der Waals surface area contributed by atoms with Crippen molar-refractivity contribution in [2.45, 2.75) is 25.7 Å². The SMILES string of the molecule is CNc1cc(C2CC2)nc(-c2cnn(C)c2C)n1. The minimum absolute atomic E-state index is 0.621. The van der Waals surface area contributed by atoms with Crippen LogP contribution in [0.5, 0.6) is 0 Å². The zero-order valence-corrected chi connectivity index (χ0v) is 10.9. The van der Waals surface area contributed by atoms with Crippen LogP contribution in [0.1, 0.15) is 30.1 Å². The molecule has 1 saturated carbocycles. The second-order valence-electron chi connectivity index (χ2n) is 4.79. The molecular formula is C13H17N5. The molecule has 0 radical (unpaired) electrons. The van der Waals surface area contributed by atoms with E-state index in [1.807, 2.05) is 38.0 Å². The fourth-order valence-corrected chi connectivity index (χ4v) is 2.02. The molecule has 2 aromatic heterocycles. The Kier molecular flexibility index (Phi) is 2.54. The molecule has 5 nitrogen and oxygen atoms in total. The van der Waals surface area contributed by atoms with Gasteiger partial charge in [-0.15, -0.1) is 0 Å². The van der Waals surface area contributed by atoms with Gasteiger partial charge in [0.1, 0.15) is 5.82 Å². The van der Waals surface area contributed by atoms with Crippen LogP contribution in [-0.2, 0) is 7.05 Å². The highest BCUT2D eigenvalue weighted by Crippen LogP contribution is 2.40. The van der Waals surface area contributed by atoms with Crippen LogP contribution in [-0.4, -0.2) is 26.8 Å². The predicted octanol–water partition coefficient (Wildman–Crippen LogP) is 2.10. The van der Waals surface area contributed by atoms with Crippen molar-refractivity contribution in [2.24, 2.45) is 7.05 Å². The van der Waals surface area contributed by atoms with E-state index in [-0.39, 0.29) is 0 Å². The van der Waals surface area contributed by atoms with Crippen molar-refractivity contribution in [2.75, 3.05) is 12.4 Å². The first-order valence-electron chi connectivity index (χ1n) is 6.24. The number of nitrogens with zero attached hydrogens (tertiary/aromatic N) is 4. The summed E-state index contributed by atoms with van der Waals surface area (Å²) < 4.78 is 1.85. The molecule has 3 rings (SSSR count). The van der Waals surface area contributed by atoms with Gasteiger partial charge in [-0.1, -0.05) is 0 Å². The van der Waals surface area contributed by atoms with Gasteiger partial charge < -0.3 is 5.32 Å². The lowest BCUT2D eigenvalue weighted by atomic mass is 10.2. The van der Waals surface area contributed by atoms with Crippen molar-refractivity contribution in [1.29, 1.82) is 0 Å². The molecule has 0 aliphatic heterocycles. The number of aromatic nitrogens is 4. The number of rotatable bonds is 3. The van der Waals surface area contributed by atoms with Crippen molar-refractivity contribution in [3.8, 4) is 11.4 Å². The fourth-order valence-electron chi connectivity index (χ4n) is 2.02. The number of hydrogen-bond acceptors (Lipinski definition) is 4. The fraction of sp³-hybridized carbons (Fsp3) is 0.462. The third-order valence-corrected chi connectivity index (χ3v) is 3.47. The van der Waals surface area contributed by atoms with Gasteiger partial charge in [-0.3, -0.25) is 4.68 Å². The lowest BCUT2D eigenvalue weighted by Gasteiger charge is -2.07. The molecule has 0 spiro atoms. The van der Waals surface area contributed by atoms with Gasteiger partial charge in [0.25, 0.3) is 0 Å². The first-order chi connectivity index (χ1) is 8.69. The Morgan fingerprint density at radius 3 is 2.67 bits per heavy atom. The highest BCUT2D eigenvalue weighted by Gasteiger charge is 2.26. The maximum absolute atomic E-state index is 4.68. The van der Waals surface area contributed by atoms with Gasteiger partial charge in [0.2, 0.25) is 0 Å². The Morgan fingerprint density at radius 1 is 1.33 bits per heavy atom. The highest BCUT2D eigenvalue weighted by molar-refractivity contribution is 5.59. The van der Waals surface area contributed by atoms with Gasteiger partial charge in [-0.2, -0.15) is 5.10 Å². The molecule has 2 aromatic rings. The zero-order valence-electron chi connectivity index (χ0n) is 10.9. The normalized spacial score (nSPS) is 14.8. The van der Waals surface area contributed by atoms with Gasteiger partial charge in [-0.05, 0) is 19.8 Å². The molecular weight excluding hydrogens is 226 g/mol. The molecule has 0 unspecified atom stereocenters. The predicted molar refractivity (Wildman–Crippen MR) is 70.5 cm³/mol. The molecule has 0 bridgehead atoms. The Bertz CT molecular complexity index is 583. The average Bonchev–Trinajstić information content (AvgIpc) is 3.17. The first-order valence-corrected chi connectivity index (χ1v) is 6.24. The van der Waals surface area contributed by atoms with Gasteiger partial charge in [0, 0.05) is 37.5 Å². The Hall–Kier alpha value is -1.91. The molecule has 94 valence electrons. The molecule has 1 aliphatic rings. The maximum atomic E-state index is 4.68. The molecule has 0 atom stereocenters. The summed E-state index contributed by atoms with van der Waals surface area (Å²) in [5.74, 6) is 2.27. The summed E-state index contributed by atoms with van der Waals surface area (Å²) in [5, 5.41) is 7.36. The molecule has 1 N–H and O–H groups in total. The average molecular weight is 243 g/mol. The lowest BCUT2D eigenvalue weighted by Crippen LogP contribution is -2.01. The molecule has 1 fully saturated rings. The Labute approximate surface area is 106 Å². The van der Waals surface area contributed by atoms with Crippen molar-refractivity contribution in [3.63, 3.8) is 0 Å². The van der Waals surface area contributed by atoms with E-state index >= 15 is 0 Å². The minimum Gasteiger partial charge on any atom is -0.373 e. The van der Waals surface area contributed by atoms with Crippen LogP contribution >= 0.6 is 0 Å². The molecule has 1 aliphatic carbocycles. The summed E-state index contributed by atoms with van der Waals surface area (Å²) in [6.07, 6.45) is 4.32. The zero-order chi connectivity index (χ0) is 12.7. The summed E-state index contributed by atoms with van der Waals surface area (Å²) in [6.45, 7) is 2.04. The third-order valence-electron chi connectivity index (χ3n) is 3.47. The second kappa shape index (κ2) is 4.08. The Morgan fingerprint density at radius 2 is 2.11 bits per heavy atom. The van der Waals surface area contributed by atoms with Gasteiger partial charge in [0.15, 0.2) is 5.82 Å². The van der Waals surface area contributed by atoms with Crippen LogP contribution < -0.4 is 5.32 Å². The van der Waals surface area contributed by atoms with Gasteiger partial charge in [0.05, 0.1) is 11.8 Å². The maximum Gasteiger partial charge on any atom is 0.165 e. The van der Waals surface area contributed by atoms with Crippen LogP contribution in [0.25, 0.3) is 11.4 Å². The number of aryl methyl sites for hydroxylation is 1. The van der Waals surface area contributed by atoms with E-state index in [9.17, 15) is 0 Å². The standard InChI is InChI=1S/C13H17N5/c1-8-10(7-15-18(8)3)13-16-11(9-4-5-9)6-12(14-2)17-13/h6-7,9H,4-5H2,1-3H3,(H,14,16,17). The lowest BCUT2D eigenvalue weighted by molar-refractivity contribution is 0.740. The molecule has 0 saturated heterocycles. The van der Waals surface area contributed by atoms with Crippen LogP contribution in [0, 0.1) is 6.92 Å². The minimum atomic E-state index is 0.621. The second-order valence-corrected chi connectivity index (χ2v) is 4.79. The summed E-state index contributed by atoms with van der Waals surface area (Å²) in [4.78, 5) is 9.21. The number of hydrogen-bond donors (Lipinski definition) is 1. The van der Waals surface area contributed by atoms with Crippen molar-refractivity contribution < 1.29 is 0 Å². The summed E-state index contributed by atoms with van der Waals surface area (Å²) >= 11 is 0. The van der Waals surface area contributed by atoms with Crippen molar-refractivity contribution >= 4 is 5.82 Å². The summed E-state index contributed by atoms with van der Waals surface area (Å²) in [7, 11) is 3.82. The van der Waals surface area contributed by atoms with Crippen LogP contribution in [0.4, 0.5) is 5.82 Å². The molecule has 0 amide bonds. The molecule has 2 heterocycles. The third kappa shape index (κ3) is 1.85. The first kappa shape index (κ1) is 11.2. The number of nitrogens with one attached hydrogen (secondary N) is 1. The van der Waals surface area contributed by atoms with Gasteiger partial charge in [-0.25, -0.2) is 9.97 Å². The summed E-state index contributed by atoms with van der Waals surface area (Å²) in [5.41, 5.74) is 3.24. The van der Waals surface area contributed by atoms with Gasteiger partial charge >= 0.3 is 0 Å². The van der Waals surface area contributed by atoms with Crippen LogP contribution in [0.2, 0.25) is 0 Å². The monoisotopic (exact) mass is 243 g/mol. The van der Waals surface area contributed by atoms with Crippen molar-refractivity contribution in [3.05, 3.63) is 23.7 Å². The van der Waals surface area contributed by atoms with E-state index in [1.165, 1.54) is 12.8 Å². The van der Waals surface area contributed by atoms with Crippen molar-refractivity contribution in [1.82, 2.24) is 19.7 Å². The molecule has 18 heavy (non-hydrogen) atoms. The van der Waals surface area contributed by atoms with E-state index in [0.717, 1.165) is 28.6 Å². The molecule has 5 heteroatoms.